The Bertz CT molecular complexity index is 1440. The summed E-state index contributed by atoms with van der Waals surface area (Å²) in [5.41, 5.74) is 1.13. The van der Waals surface area contributed by atoms with Gasteiger partial charge < -0.3 is 25.0 Å². The first-order chi connectivity index (χ1) is 18.7. The van der Waals surface area contributed by atoms with Gasteiger partial charge in [0.1, 0.15) is 5.75 Å². The molecule has 2 aromatic carbocycles. The predicted molar refractivity (Wildman–Crippen MR) is 141 cm³/mol. The van der Waals surface area contributed by atoms with E-state index < -0.39 is 22.4 Å². The standard InChI is InChI=1S/C26H25F2N3O6S2/c27-26(28)37-21-7-3-19(4-8-21)24(33)23(30-11-1-2-18(16-30)17-32)25(38)29-20-5-9-22(10-6-20)39(34,35)31-12-14-36-15-13-31/h1-11,16,26,32H,12-15,17H2,(H-,29,33,38). The quantitative estimate of drug-likeness (QED) is 0.172. The van der Waals surface area contributed by atoms with Crippen molar-refractivity contribution in [1.29, 1.82) is 0 Å². The number of ether oxygens (including phenoxy) is 2. The van der Waals surface area contributed by atoms with Crippen molar-refractivity contribution in [1.82, 2.24) is 4.31 Å². The van der Waals surface area contributed by atoms with Crippen LogP contribution in [-0.4, -0.2) is 55.7 Å². The lowest BCUT2D eigenvalue weighted by Gasteiger charge is -2.26. The maximum Gasteiger partial charge on any atom is 0.387 e. The predicted octanol–water partition coefficient (Wildman–Crippen LogP) is 2.21. The van der Waals surface area contributed by atoms with Crippen molar-refractivity contribution < 1.29 is 41.5 Å². The Labute approximate surface area is 229 Å². The third kappa shape index (κ3) is 6.94. The number of halogens is 2. The highest BCUT2D eigenvalue weighted by Gasteiger charge is 2.26. The fraction of sp³-hybridized carbons (Fsp3) is 0.231. The molecule has 4 rings (SSSR count). The second-order valence-corrected chi connectivity index (χ2v) is 10.7. The van der Waals surface area contributed by atoms with Crippen molar-refractivity contribution >= 4 is 44.4 Å². The Kier molecular flexibility index (Phi) is 9.20. The molecule has 39 heavy (non-hydrogen) atoms. The molecule has 1 aromatic heterocycles. The Hall–Kier alpha value is -3.49. The Morgan fingerprint density at radius 1 is 1.13 bits per heavy atom. The number of hydrogen-bond donors (Lipinski definition) is 2. The van der Waals surface area contributed by atoms with Crippen LogP contribution in [0.25, 0.3) is 11.5 Å². The highest BCUT2D eigenvalue weighted by Crippen LogP contribution is 2.23. The number of morpholine rings is 1. The topological polar surface area (TPSA) is 115 Å². The normalized spacial score (nSPS) is 15.1. The highest BCUT2D eigenvalue weighted by atomic mass is 32.2. The number of hydrogen-bond acceptors (Lipinski definition) is 7. The van der Waals surface area contributed by atoms with Gasteiger partial charge >= 0.3 is 6.61 Å². The SMILES string of the molecule is O=S(=O)(c1ccc(NC(=S)C(=C([O-])c2ccc(OC(F)F)cc2)[n+]2cccc(CO)c2)cc1)N1CCOCC1. The van der Waals surface area contributed by atoms with Crippen LogP contribution in [0.3, 0.4) is 0 Å². The van der Waals surface area contributed by atoms with Crippen molar-refractivity contribution in [2.75, 3.05) is 31.6 Å². The molecule has 2 heterocycles. The average molecular weight is 578 g/mol. The first-order valence-electron chi connectivity index (χ1n) is 11.8. The molecule has 206 valence electrons. The van der Waals surface area contributed by atoms with Crippen molar-refractivity contribution in [2.24, 2.45) is 0 Å². The van der Waals surface area contributed by atoms with E-state index in [1.54, 1.807) is 18.3 Å². The summed E-state index contributed by atoms with van der Waals surface area (Å²) < 4.78 is 63.2. The molecule has 1 aliphatic rings. The van der Waals surface area contributed by atoms with E-state index in [9.17, 15) is 27.4 Å². The average Bonchev–Trinajstić information content (AvgIpc) is 2.94. The van der Waals surface area contributed by atoms with Crippen LogP contribution >= 0.6 is 12.2 Å². The monoisotopic (exact) mass is 577 g/mol. The summed E-state index contributed by atoms with van der Waals surface area (Å²) in [7, 11) is -3.69. The second kappa shape index (κ2) is 12.6. The van der Waals surface area contributed by atoms with Gasteiger partial charge in [0.15, 0.2) is 17.4 Å². The number of thiocarbonyl (C=S) groups is 1. The molecule has 0 amide bonds. The first-order valence-corrected chi connectivity index (χ1v) is 13.6. The first kappa shape index (κ1) is 28.5. The van der Waals surface area contributed by atoms with E-state index in [0.29, 0.717) is 24.5 Å². The molecular weight excluding hydrogens is 552 g/mol. The van der Waals surface area contributed by atoms with Gasteiger partial charge in [0.2, 0.25) is 15.7 Å². The number of pyridine rings is 1. The van der Waals surface area contributed by atoms with Crippen molar-refractivity contribution in [3.63, 3.8) is 0 Å². The van der Waals surface area contributed by atoms with E-state index in [2.05, 4.69) is 10.1 Å². The third-order valence-electron chi connectivity index (χ3n) is 5.79. The highest BCUT2D eigenvalue weighted by molar-refractivity contribution is 7.89. The number of rotatable bonds is 9. The summed E-state index contributed by atoms with van der Waals surface area (Å²) in [6.07, 6.45) is 3.11. The van der Waals surface area contributed by atoms with Gasteiger partial charge in [-0.2, -0.15) is 17.7 Å². The minimum atomic E-state index is -3.69. The molecule has 0 aliphatic carbocycles. The summed E-state index contributed by atoms with van der Waals surface area (Å²) in [6, 6.07) is 14.4. The van der Waals surface area contributed by atoms with Crippen molar-refractivity contribution in [2.45, 2.75) is 18.1 Å². The Morgan fingerprint density at radius 2 is 1.79 bits per heavy atom. The van der Waals surface area contributed by atoms with E-state index in [-0.39, 0.29) is 46.6 Å². The van der Waals surface area contributed by atoms with E-state index in [1.807, 2.05) is 0 Å². The second-order valence-electron chi connectivity index (χ2n) is 8.35. The summed E-state index contributed by atoms with van der Waals surface area (Å²) in [5.74, 6) is -0.631. The number of aromatic nitrogens is 1. The maximum absolute atomic E-state index is 13.5. The number of aliphatic hydroxyl groups is 1. The lowest BCUT2D eigenvalue weighted by atomic mass is 10.1. The van der Waals surface area contributed by atoms with Gasteiger partial charge in [0, 0.05) is 30.4 Å². The molecule has 2 N–H and O–H groups in total. The van der Waals surface area contributed by atoms with Crippen molar-refractivity contribution in [3.05, 3.63) is 84.2 Å². The number of aliphatic hydroxyl groups excluding tert-OH is 1. The largest absolute Gasteiger partial charge is 0.867 e. The van der Waals surface area contributed by atoms with Crippen molar-refractivity contribution in [3.8, 4) is 5.75 Å². The fourth-order valence-electron chi connectivity index (χ4n) is 3.86. The lowest BCUT2D eigenvalue weighted by molar-refractivity contribution is -0.578. The van der Waals surface area contributed by atoms with E-state index in [4.69, 9.17) is 17.0 Å². The van der Waals surface area contributed by atoms with E-state index >= 15 is 0 Å². The lowest BCUT2D eigenvalue weighted by Crippen LogP contribution is -2.40. The Balaban J connectivity index is 1.64. The molecule has 3 aromatic rings. The number of nitrogens with zero attached hydrogens (tertiary/aromatic N) is 2. The van der Waals surface area contributed by atoms with E-state index in [1.165, 1.54) is 63.6 Å². The van der Waals surface area contributed by atoms with Crippen LogP contribution in [0.2, 0.25) is 0 Å². The van der Waals surface area contributed by atoms with Crippen LogP contribution < -0.4 is 19.7 Å². The minimum absolute atomic E-state index is 0.0109. The maximum atomic E-state index is 13.5. The molecule has 0 spiro atoms. The molecule has 0 unspecified atom stereocenters. The van der Waals surface area contributed by atoms with Gasteiger partial charge in [0.05, 0.1) is 24.7 Å². The number of nitrogens with one attached hydrogen (secondary N) is 1. The number of anilines is 1. The van der Waals surface area contributed by atoms with Gasteiger partial charge in [-0.3, -0.25) is 0 Å². The van der Waals surface area contributed by atoms with Crippen LogP contribution in [0.15, 0.2) is 78.0 Å². The van der Waals surface area contributed by atoms with Gasteiger partial charge in [-0.1, -0.05) is 24.4 Å². The number of benzene rings is 2. The van der Waals surface area contributed by atoms with Crippen LogP contribution in [-0.2, 0) is 21.4 Å². The van der Waals surface area contributed by atoms with Crippen LogP contribution in [0, 0.1) is 0 Å². The van der Waals surface area contributed by atoms with Crippen LogP contribution in [0.4, 0.5) is 14.5 Å². The number of alkyl halides is 2. The fourth-order valence-corrected chi connectivity index (χ4v) is 5.58. The molecule has 0 bridgehead atoms. The summed E-state index contributed by atoms with van der Waals surface area (Å²) in [6.45, 7) is -2.08. The summed E-state index contributed by atoms with van der Waals surface area (Å²) >= 11 is 5.57. The zero-order chi connectivity index (χ0) is 28.0. The number of sulfonamides is 1. The van der Waals surface area contributed by atoms with E-state index in [0.717, 1.165) is 0 Å². The summed E-state index contributed by atoms with van der Waals surface area (Å²) in [4.78, 5) is 0.119. The molecule has 1 aliphatic heterocycles. The van der Waals surface area contributed by atoms with Crippen LogP contribution in [0.5, 0.6) is 5.75 Å². The summed E-state index contributed by atoms with van der Waals surface area (Å²) in [5, 5.41) is 26.1. The van der Waals surface area contributed by atoms with Gasteiger partial charge in [-0.15, -0.1) is 0 Å². The zero-order valence-electron chi connectivity index (χ0n) is 20.5. The molecule has 1 fully saturated rings. The minimum Gasteiger partial charge on any atom is -0.867 e. The molecule has 0 saturated carbocycles. The molecule has 0 atom stereocenters. The van der Waals surface area contributed by atoms with Gasteiger partial charge in [-0.05, 0) is 53.8 Å². The van der Waals surface area contributed by atoms with Gasteiger partial charge in [0.25, 0.3) is 0 Å². The molecule has 9 nitrogen and oxygen atoms in total. The molecule has 0 radical (unpaired) electrons. The zero-order valence-corrected chi connectivity index (χ0v) is 22.1. The van der Waals surface area contributed by atoms with Gasteiger partial charge in [-0.25, -0.2) is 8.42 Å². The van der Waals surface area contributed by atoms with Crippen LogP contribution in [0.1, 0.15) is 11.1 Å². The molecular formula is C26H25F2N3O6S2. The molecule has 1 saturated heterocycles. The smallest absolute Gasteiger partial charge is 0.387 e. The molecule has 13 heteroatoms. The third-order valence-corrected chi connectivity index (χ3v) is 8.00. The Morgan fingerprint density at radius 3 is 2.41 bits per heavy atom.